The smallest absolute Gasteiger partial charge is 0.222 e. The molecule has 2 N–H and O–H groups in total. The quantitative estimate of drug-likeness (QED) is 0.721. The Hall–Kier alpha value is -1.06. The van der Waals surface area contributed by atoms with Crippen molar-refractivity contribution in [2.24, 2.45) is 5.73 Å². The van der Waals surface area contributed by atoms with Crippen LogP contribution in [-0.4, -0.2) is 29.8 Å². The molecule has 14 heavy (non-hydrogen) atoms. The summed E-state index contributed by atoms with van der Waals surface area (Å²) in [5.41, 5.74) is 5.03. The number of likely N-dealkylation sites (tertiary alicyclic amines) is 1. The molecule has 80 valence electrons. The van der Waals surface area contributed by atoms with Crippen molar-refractivity contribution in [1.29, 1.82) is 0 Å². The minimum atomic E-state index is -0.285. The van der Waals surface area contributed by atoms with Crippen molar-refractivity contribution in [3.8, 4) is 0 Å². The van der Waals surface area contributed by atoms with Crippen LogP contribution in [0.2, 0.25) is 0 Å². The molecular weight excluding hydrogens is 180 g/mol. The molecule has 4 nitrogen and oxygen atoms in total. The van der Waals surface area contributed by atoms with Gasteiger partial charge < -0.3 is 10.6 Å². The molecule has 0 saturated carbocycles. The van der Waals surface area contributed by atoms with Crippen molar-refractivity contribution in [3.05, 3.63) is 0 Å². The third-order valence-corrected chi connectivity index (χ3v) is 2.52. The molecule has 0 aromatic carbocycles. The molecular formula is C10H18N2O2. The zero-order valence-electron chi connectivity index (χ0n) is 8.50. The molecule has 1 aliphatic rings. The van der Waals surface area contributed by atoms with E-state index in [1.54, 1.807) is 0 Å². The Morgan fingerprint density at radius 1 is 1.36 bits per heavy atom. The van der Waals surface area contributed by atoms with Gasteiger partial charge in [-0.15, -0.1) is 0 Å². The van der Waals surface area contributed by atoms with E-state index in [1.807, 2.05) is 4.90 Å². The molecule has 0 bridgehead atoms. The fraction of sp³-hybridized carbons (Fsp3) is 0.800. The topological polar surface area (TPSA) is 63.4 Å². The summed E-state index contributed by atoms with van der Waals surface area (Å²) in [6.45, 7) is 1.53. The van der Waals surface area contributed by atoms with Crippen LogP contribution in [0.15, 0.2) is 0 Å². The Morgan fingerprint density at radius 3 is 2.86 bits per heavy atom. The van der Waals surface area contributed by atoms with Gasteiger partial charge in [0.1, 0.15) is 0 Å². The Kier molecular flexibility index (Phi) is 4.43. The largest absolute Gasteiger partial charge is 0.370 e. The van der Waals surface area contributed by atoms with Crippen LogP contribution in [0.25, 0.3) is 0 Å². The lowest BCUT2D eigenvalue weighted by atomic mass is 10.2. The molecule has 2 amide bonds. The fourth-order valence-corrected chi connectivity index (χ4v) is 1.72. The first kappa shape index (κ1) is 11.0. The summed E-state index contributed by atoms with van der Waals surface area (Å²) in [6, 6.07) is 0. The zero-order valence-corrected chi connectivity index (χ0v) is 8.50. The summed E-state index contributed by atoms with van der Waals surface area (Å²) >= 11 is 0. The molecule has 1 fully saturated rings. The Balaban J connectivity index is 2.26. The number of carbonyl (C=O) groups excluding carboxylic acids is 2. The summed E-state index contributed by atoms with van der Waals surface area (Å²) in [4.78, 5) is 23.9. The first-order chi connectivity index (χ1) is 6.70. The molecule has 4 heteroatoms. The minimum Gasteiger partial charge on any atom is -0.370 e. The standard InChI is InChI=1S/C10H18N2O2/c11-9(13)5-4-8-12-7-3-1-2-6-10(12)14/h1-8H2,(H2,11,13). The number of nitrogens with zero attached hydrogens (tertiary/aromatic N) is 1. The van der Waals surface area contributed by atoms with Crippen LogP contribution in [-0.2, 0) is 9.59 Å². The molecule has 1 aliphatic heterocycles. The number of rotatable bonds is 4. The molecule has 0 aromatic heterocycles. The number of hydrogen-bond acceptors (Lipinski definition) is 2. The summed E-state index contributed by atoms with van der Waals surface area (Å²) in [6.07, 6.45) is 4.97. The highest BCUT2D eigenvalue weighted by atomic mass is 16.2. The number of hydrogen-bond donors (Lipinski definition) is 1. The second-order valence-corrected chi connectivity index (χ2v) is 3.76. The van der Waals surface area contributed by atoms with E-state index in [0.29, 0.717) is 25.8 Å². The van der Waals surface area contributed by atoms with Crippen molar-refractivity contribution >= 4 is 11.8 Å². The molecule has 0 aromatic rings. The van der Waals surface area contributed by atoms with Gasteiger partial charge >= 0.3 is 0 Å². The van der Waals surface area contributed by atoms with E-state index >= 15 is 0 Å². The highest BCUT2D eigenvalue weighted by Gasteiger charge is 2.15. The number of carbonyl (C=O) groups is 2. The van der Waals surface area contributed by atoms with Gasteiger partial charge in [0, 0.05) is 25.9 Å². The van der Waals surface area contributed by atoms with Crippen LogP contribution in [0, 0.1) is 0 Å². The third kappa shape index (κ3) is 3.77. The Morgan fingerprint density at radius 2 is 2.14 bits per heavy atom. The van der Waals surface area contributed by atoms with E-state index in [9.17, 15) is 9.59 Å². The zero-order chi connectivity index (χ0) is 10.4. The lowest BCUT2D eigenvalue weighted by Gasteiger charge is -2.19. The minimum absolute atomic E-state index is 0.229. The molecule has 1 rings (SSSR count). The van der Waals surface area contributed by atoms with Gasteiger partial charge in [0.05, 0.1) is 0 Å². The van der Waals surface area contributed by atoms with Gasteiger partial charge in [-0.1, -0.05) is 6.42 Å². The predicted octanol–water partition coefficient (Wildman–Crippen LogP) is 0.654. The molecule has 0 atom stereocenters. The first-order valence-electron chi connectivity index (χ1n) is 5.26. The average molecular weight is 198 g/mol. The average Bonchev–Trinajstić information content (AvgIpc) is 2.31. The summed E-state index contributed by atoms with van der Waals surface area (Å²) in [5.74, 6) is -0.0563. The summed E-state index contributed by atoms with van der Waals surface area (Å²) < 4.78 is 0. The van der Waals surface area contributed by atoms with E-state index in [-0.39, 0.29) is 11.8 Å². The highest BCUT2D eigenvalue weighted by molar-refractivity contribution is 5.76. The lowest BCUT2D eigenvalue weighted by molar-refractivity contribution is -0.131. The maximum atomic E-state index is 11.5. The van der Waals surface area contributed by atoms with Crippen molar-refractivity contribution < 1.29 is 9.59 Å². The van der Waals surface area contributed by atoms with Crippen molar-refractivity contribution in [2.75, 3.05) is 13.1 Å². The second-order valence-electron chi connectivity index (χ2n) is 3.76. The SMILES string of the molecule is NC(=O)CCCN1CCCCCC1=O. The highest BCUT2D eigenvalue weighted by Crippen LogP contribution is 2.11. The fourth-order valence-electron chi connectivity index (χ4n) is 1.72. The Labute approximate surface area is 84.4 Å². The Bertz CT molecular complexity index is 216. The number of nitrogens with two attached hydrogens (primary N) is 1. The molecule has 0 spiro atoms. The molecule has 0 unspecified atom stereocenters. The van der Waals surface area contributed by atoms with E-state index in [0.717, 1.165) is 25.8 Å². The second kappa shape index (κ2) is 5.62. The van der Waals surface area contributed by atoms with Gasteiger partial charge in [0.15, 0.2) is 0 Å². The van der Waals surface area contributed by atoms with Crippen LogP contribution in [0.4, 0.5) is 0 Å². The number of amides is 2. The van der Waals surface area contributed by atoms with E-state index in [4.69, 9.17) is 5.73 Å². The molecule has 1 saturated heterocycles. The van der Waals surface area contributed by atoms with Crippen LogP contribution < -0.4 is 5.73 Å². The van der Waals surface area contributed by atoms with Crippen LogP contribution in [0.1, 0.15) is 38.5 Å². The van der Waals surface area contributed by atoms with E-state index < -0.39 is 0 Å². The van der Waals surface area contributed by atoms with Crippen molar-refractivity contribution in [1.82, 2.24) is 4.90 Å². The molecule has 0 aliphatic carbocycles. The maximum absolute atomic E-state index is 11.5. The normalized spacial score (nSPS) is 18.0. The first-order valence-corrected chi connectivity index (χ1v) is 5.26. The van der Waals surface area contributed by atoms with Gasteiger partial charge in [-0.25, -0.2) is 0 Å². The summed E-state index contributed by atoms with van der Waals surface area (Å²) in [7, 11) is 0. The monoisotopic (exact) mass is 198 g/mol. The maximum Gasteiger partial charge on any atom is 0.222 e. The van der Waals surface area contributed by atoms with E-state index in [1.165, 1.54) is 0 Å². The van der Waals surface area contributed by atoms with Crippen molar-refractivity contribution in [2.45, 2.75) is 38.5 Å². The van der Waals surface area contributed by atoms with Gasteiger partial charge in [-0.05, 0) is 19.3 Å². The van der Waals surface area contributed by atoms with Crippen LogP contribution in [0.5, 0.6) is 0 Å². The van der Waals surface area contributed by atoms with Crippen molar-refractivity contribution in [3.63, 3.8) is 0 Å². The van der Waals surface area contributed by atoms with E-state index in [2.05, 4.69) is 0 Å². The third-order valence-electron chi connectivity index (χ3n) is 2.52. The van der Waals surface area contributed by atoms with Gasteiger partial charge in [-0.3, -0.25) is 9.59 Å². The summed E-state index contributed by atoms with van der Waals surface area (Å²) in [5, 5.41) is 0. The van der Waals surface area contributed by atoms with Crippen LogP contribution >= 0.6 is 0 Å². The van der Waals surface area contributed by atoms with Gasteiger partial charge in [0.2, 0.25) is 11.8 Å². The number of primary amides is 1. The molecule has 0 radical (unpaired) electrons. The molecule has 1 heterocycles. The van der Waals surface area contributed by atoms with Gasteiger partial charge in [-0.2, -0.15) is 0 Å². The van der Waals surface area contributed by atoms with Gasteiger partial charge in [0.25, 0.3) is 0 Å². The predicted molar refractivity (Wildman–Crippen MR) is 53.5 cm³/mol. The van der Waals surface area contributed by atoms with Crippen LogP contribution in [0.3, 0.4) is 0 Å². The lowest BCUT2D eigenvalue weighted by Crippen LogP contribution is -2.31.